The lowest BCUT2D eigenvalue weighted by molar-refractivity contribution is 0.0527. The fourth-order valence-corrected chi connectivity index (χ4v) is 3.66. The van der Waals surface area contributed by atoms with Gasteiger partial charge in [0.15, 0.2) is 23.3 Å². The Balaban J connectivity index is 2.13. The first-order valence-corrected chi connectivity index (χ1v) is 9.38. The minimum absolute atomic E-state index is 0.105. The zero-order valence-corrected chi connectivity index (χ0v) is 16.3. The molecule has 3 rings (SSSR count). The molecule has 0 aliphatic rings. The van der Waals surface area contributed by atoms with Crippen LogP contribution in [-0.4, -0.2) is 18.5 Å². The highest BCUT2D eigenvalue weighted by molar-refractivity contribution is 7.20. The Morgan fingerprint density at radius 3 is 2.03 bits per heavy atom. The number of anilines is 1. The summed E-state index contributed by atoms with van der Waals surface area (Å²) in [5.74, 6) is -15.5. The van der Waals surface area contributed by atoms with Crippen molar-refractivity contribution in [3.05, 3.63) is 76.6 Å². The molecule has 0 fully saturated rings. The molecule has 0 unspecified atom stereocenters. The smallest absolute Gasteiger partial charge is 0.341 e. The maximum Gasteiger partial charge on any atom is 0.341 e. The average Bonchev–Trinajstić information content (AvgIpc) is 3.22. The van der Waals surface area contributed by atoms with Gasteiger partial charge in [0.05, 0.1) is 12.2 Å². The maximum atomic E-state index is 14.9. The lowest BCUT2D eigenvalue weighted by Crippen LogP contribution is -2.26. The summed E-state index contributed by atoms with van der Waals surface area (Å²) >= 11 is 0.544. The third-order valence-electron chi connectivity index (χ3n) is 4.05. The second-order valence-electron chi connectivity index (χ2n) is 5.95. The monoisotopic (exact) mass is 459 g/mol. The maximum absolute atomic E-state index is 14.9. The Morgan fingerprint density at radius 2 is 1.48 bits per heavy atom. The van der Waals surface area contributed by atoms with Crippen molar-refractivity contribution in [2.75, 3.05) is 11.7 Å². The van der Waals surface area contributed by atoms with Crippen molar-refractivity contribution in [2.24, 2.45) is 0 Å². The SMILES string of the molecule is CCOC(=O)c1cc(-c2ccccc2)sc1N(F)C(=O)c1c(F)c(F)c(F)c(F)c1F. The van der Waals surface area contributed by atoms with Gasteiger partial charge in [-0.1, -0.05) is 34.8 Å². The molecule has 31 heavy (non-hydrogen) atoms. The summed E-state index contributed by atoms with van der Waals surface area (Å²) in [5.41, 5.74) is -1.95. The molecule has 1 heterocycles. The Bertz CT molecular complexity index is 1140. The number of carbonyl (C=O) groups excluding carboxylic acids is 2. The van der Waals surface area contributed by atoms with Crippen LogP contribution < -0.4 is 5.12 Å². The van der Waals surface area contributed by atoms with Crippen molar-refractivity contribution in [1.82, 2.24) is 0 Å². The van der Waals surface area contributed by atoms with Gasteiger partial charge < -0.3 is 4.74 Å². The third-order valence-corrected chi connectivity index (χ3v) is 5.19. The summed E-state index contributed by atoms with van der Waals surface area (Å²) in [6.07, 6.45) is 0. The van der Waals surface area contributed by atoms with Crippen LogP contribution in [0.4, 0.5) is 31.4 Å². The second-order valence-corrected chi connectivity index (χ2v) is 6.98. The van der Waals surface area contributed by atoms with Gasteiger partial charge in [0, 0.05) is 4.88 Å². The van der Waals surface area contributed by atoms with E-state index >= 15 is 0 Å². The second kappa shape index (κ2) is 8.80. The molecule has 1 amide bonds. The van der Waals surface area contributed by atoms with Gasteiger partial charge in [0.1, 0.15) is 10.6 Å². The van der Waals surface area contributed by atoms with Crippen molar-refractivity contribution < 1.29 is 40.8 Å². The number of carbonyl (C=O) groups is 2. The Morgan fingerprint density at radius 1 is 0.935 bits per heavy atom. The number of nitrogens with zero attached hydrogens (tertiary/aromatic N) is 1. The number of ether oxygens (including phenoxy) is 1. The molecule has 0 aliphatic heterocycles. The molecular weight excluding hydrogens is 448 g/mol. The molecule has 11 heteroatoms. The molecule has 0 atom stereocenters. The molecule has 2 aromatic carbocycles. The fraction of sp³-hybridized carbons (Fsp3) is 0.100. The number of hydrogen-bond donors (Lipinski definition) is 0. The summed E-state index contributed by atoms with van der Waals surface area (Å²) in [7, 11) is 0. The van der Waals surface area contributed by atoms with Crippen LogP contribution in [0.15, 0.2) is 36.4 Å². The highest BCUT2D eigenvalue weighted by Crippen LogP contribution is 2.39. The van der Waals surface area contributed by atoms with E-state index < -0.39 is 62.2 Å². The van der Waals surface area contributed by atoms with Crippen molar-refractivity contribution in [1.29, 1.82) is 0 Å². The van der Waals surface area contributed by atoms with Crippen molar-refractivity contribution >= 4 is 28.2 Å². The molecule has 0 bridgehead atoms. The number of esters is 1. The van der Waals surface area contributed by atoms with E-state index in [1.807, 2.05) is 0 Å². The molecule has 162 valence electrons. The number of benzene rings is 2. The Kier molecular flexibility index (Phi) is 6.34. The predicted molar refractivity (Wildman–Crippen MR) is 99.9 cm³/mol. The number of halogens is 6. The molecule has 4 nitrogen and oxygen atoms in total. The summed E-state index contributed by atoms with van der Waals surface area (Å²) < 4.78 is 87.8. The van der Waals surface area contributed by atoms with Crippen LogP contribution in [0.3, 0.4) is 0 Å². The first-order valence-electron chi connectivity index (χ1n) is 8.57. The molecule has 1 aromatic heterocycles. The number of hydrogen-bond acceptors (Lipinski definition) is 4. The van der Waals surface area contributed by atoms with Crippen LogP contribution in [0.2, 0.25) is 0 Å². The Hall–Kier alpha value is -3.34. The number of thiophene rings is 1. The van der Waals surface area contributed by atoms with Gasteiger partial charge in [-0.15, -0.1) is 16.5 Å². The van der Waals surface area contributed by atoms with Crippen LogP contribution in [0.25, 0.3) is 10.4 Å². The third kappa shape index (κ3) is 4.00. The predicted octanol–water partition coefficient (Wildman–Crippen LogP) is 5.82. The van der Waals surface area contributed by atoms with Gasteiger partial charge in [0.25, 0.3) is 5.91 Å². The van der Waals surface area contributed by atoms with Gasteiger partial charge in [-0.3, -0.25) is 4.79 Å². The van der Waals surface area contributed by atoms with Crippen LogP contribution in [-0.2, 0) is 4.74 Å². The standard InChI is InChI=1S/C20H11F6NO3S/c1-2-30-20(29)10-8-11(9-6-4-3-5-7-9)31-19(10)27(26)18(28)12-13(21)15(23)17(25)16(24)14(12)22/h3-8H,2H2,1H3. The summed E-state index contributed by atoms with van der Waals surface area (Å²) in [6.45, 7) is 1.36. The van der Waals surface area contributed by atoms with E-state index in [4.69, 9.17) is 4.74 Å². The minimum Gasteiger partial charge on any atom is -0.462 e. The molecule has 0 aliphatic carbocycles. The van der Waals surface area contributed by atoms with E-state index in [0.717, 1.165) is 0 Å². The Labute approximate surface area is 175 Å². The molecular formula is C20H11F6NO3S. The average molecular weight is 459 g/mol. The van der Waals surface area contributed by atoms with Crippen LogP contribution in [0.1, 0.15) is 27.6 Å². The zero-order chi connectivity index (χ0) is 22.9. The first kappa shape index (κ1) is 22.3. The van der Waals surface area contributed by atoms with E-state index in [9.17, 15) is 36.0 Å². The van der Waals surface area contributed by atoms with E-state index in [1.165, 1.54) is 13.0 Å². The summed E-state index contributed by atoms with van der Waals surface area (Å²) in [5, 5.41) is -1.59. The number of rotatable bonds is 5. The van der Waals surface area contributed by atoms with E-state index in [2.05, 4.69) is 0 Å². The molecule has 0 saturated carbocycles. The van der Waals surface area contributed by atoms with Gasteiger partial charge in [-0.2, -0.15) is 0 Å². The molecule has 0 N–H and O–H groups in total. The van der Waals surface area contributed by atoms with Gasteiger partial charge in [-0.05, 0) is 18.6 Å². The summed E-state index contributed by atoms with van der Waals surface area (Å²) in [4.78, 5) is 24.9. The quantitative estimate of drug-likeness (QED) is 0.159. The first-order chi connectivity index (χ1) is 14.7. The highest BCUT2D eigenvalue weighted by Gasteiger charge is 2.35. The van der Waals surface area contributed by atoms with Gasteiger partial charge in [0.2, 0.25) is 5.82 Å². The van der Waals surface area contributed by atoms with Crippen molar-refractivity contribution in [3.8, 4) is 10.4 Å². The van der Waals surface area contributed by atoms with E-state index in [-0.39, 0.29) is 11.5 Å². The van der Waals surface area contributed by atoms with Crippen LogP contribution in [0, 0.1) is 29.1 Å². The molecule has 0 spiro atoms. The van der Waals surface area contributed by atoms with Gasteiger partial charge in [-0.25, -0.2) is 26.7 Å². The normalized spacial score (nSPS) is 10.8. The van der Waals surface area contributed by atoms with Crippen LogP contribution >= 0.6 is 11.3 Å². The summed E-state index contributed by atoms with van der Waals surface area (Å²) in [6, 6.07) is 9.39. The molecule has 3 aromatic rings. The highest BCUT2D eigenvalue weighted by atomic mass is 32.1. The van der Waals surface area contributed by atoms with E-state index in [0.29, 0.717) is 16.9 Å². The topological polar surface area (TPSA) is 46.6 Å². The largest absolute Gasteiger partial charge is 0.462 e. The lowest BCUT2D eigenvalue weighted by Gasteiger charge is -2.14. The minimum atomic E-state index is -2.49. The molecule has 0 radical (unpaired) electrons. The van der Waals surface area contributed by atoms with Crippen LogP contribution in [0.5, 0.6) is 0 Å². The lowest BCUT2D eigenvalue weighted by atomic mass is 10.1. The van der Waals surface area contributed by atoms with E-state index in [1.54, 1.807) is 30.3 Å². The van der Waals surface area contributed by atoms with Gasteiger partial charge >= 0.3 is 5.97 Å². The van der Waals surface area contributed by atoms with Crippen molar-refractivity contribution in [3.63, 3.8) is 0 Å². The van der Waals surface area contributed by atoms with Crippen molar-refractivity contribution in [2.45, 2.75) is 6.92 Å². The zero-order valence-electron chi connectivity index (χ0n) is 15.5. The molecule has 0 saturated heterocycles. The fourth-order valence-electron chi connectivity index (χ4n) is 2.61. The number of amides is 1.